The quantitative estimate of drug-likeness (QED) is 0.441. The van der Waals surface area contributed by atoms with Crippen molar-refractivity contribution in [2.24, 2.45) is 17.6 Å². The molecule has 0 radical (unpaired) electrons. The summed E-state index contributed by atoms with van der Waals surface area (Å²) in [6.07, 6.45) is 7.76. The Kier molecular flexibility index (Phi) is 9.41. The van der Waals surface area contributed by atoms with Crippen LogP contribution in [0.15, 0.2) is 54.6 Å². The molecule has 1 heterocycles. The van der Waals surface area contributed by atoms with Crippen molar-refractivity contribution in [3.05, 3.63) is 60.2 Å². The number of methoxy groups -OCH3 is 1. The number of nitrogens with zero attached hydrogens (tertiary/aromatic N) is 1. The molecule has 1 saturated carbocycles. The molecule has 4 rings (SSSR count). The van der Waals surface area contributed by atoms with Gasteiger partial charge in [0, 0.05) is 50.2 Å². The van der Waals surface area contributed by atoms with Gasteiger partial charge in [0.05, 0.1) is 5.60 Å². The maximum absolute atomic E-state index is 13.5. The van der Waals surface area contributed by atoms with E-state index in [0.29, 0.717) is 25.3 Å². The number of aliphatic hydroxyl groups is 1. The third-order valence-electron chi connectivity index (χ3n) is 7.95. The Morgan fingerprint density at radius 1 is 1.06 bits per heavy atom. The molecule has 1 saturated heterocycles. The van der Waals surface area contributed by atoms with Gasteiger partial charge in [0.2, 0.25) is 5.91 Å². The molecule has 2 aromatic rings. The van der Waals surface area contributed by atoms with Crippen LogP contribution in [0.25, 0.3) is 0 Å². The molecule has 0 bridgehead atoms. The van der Waals surface area contributed by atoms with E-state index in [-0.39, 0.29) is 23.8 Å². The Morgan fingerprint density at radius 3 is 2.61 bits per heavy atom. The number of carbonyl (C=O) groups is 1. The highest BCUT2D eigenvalue weighted by molar-refractivity contribution is 5.79. The summed E-state index contributed by atoms with van der Waals surface area (Å²) in [5.74, 6) is 1.55. The Bertz CT molecular complexity index is 968. The van der Waals surface area contributed by atoms with Crippen molar-refractivity contribution in [3.63, 3.8) is 0 Å². The third kappa shape index (κ3) is 6.47. The lowest BCUT2D eigenvalue weighted by molar-refractivity contribution is -0.142. The number of benzene rings is 2. The Labute approximate surface area is 215 Å². The molecule has 196 valence electrons. The molecule has 2 fully saturated rings. The van der Waals surface area contributed by atoms with Gasteiger partial charge in [-0.05, 0) is 69.6 Å². The van der Waals surface area contributed by atoms with Gasteiger partial charge in [-0.2, -0.15) is 0 Å². The van der Waals surface area contributed by atoms with Crippen LogP contribution < -0.4 is 10.5 Å². The number of nitrogens with two attached hydrogens (primary N) is 1. The lowest BCUT2D eigenvalue weighted by atomic mass is 9.73. The van der Waals surface area contributed by atoms with Crippen molar-refractivity contribution < 1.29 is 19.4 Å². The summed E-state index contributed by atoms with van der Waals surface area (Å²) in [6.45, 7) is 1.98. The summed E-state index contributed by atoms with van der Waals surface area (Å²) >= 11 is 0. The molecule has 0 aromatic heterocycles. The lowest BCUT2D eigenvalue weighted by Crippen LogP contribution is -2.50. The number of rotatable bonds is 10. The van der Waals surface area contributed by atoms with Crippen molar-refractivity contribution in [3.8, 4) is 11.5 Å². The van der Waals surface area contributed by atoms with Gasteiger partial charge in [-0.3, -0.25) is 4.79 Å². The minimum Gasteiger partial charge on any atom is -0.457 e. The van der Waals surface area contributed by atoms with E-state index in [1.807, 2.05) is 59.5 Å². The third-order valence-corrected chi connectivity index (χ3v) is 7.95. The molecule has 6 nitrogen and oxygen atoms in total. The average Bonchev–Trinajstić information content (AvgIpc) is 2.91. The number of carbonyl (C=O) groups excluding carboxylic acids is 1. The summed E-state index contributed by atoms with van der Waals surface area (Å²) in [5.41, 5.74) is 5.88. The van der Waals surface area contributed by atoms with Crippen molar-refractivity contribution in [1.29, 1.82) is 0 Å². The van der Waals surface area contributed by atoms with Gasteiger partial charge in [-0.15, -0.1) is 0 Å². The van der Waals surface area contributed by atoms with E-state index in [1.165, 1.54) is 0 Å². The maximum Gasteiger partial charge on any atom is 0.225 e. The zero-order valence-corrected chi connectivity index (χ0v) is 21.6. The number of amides is 1. The molecule has 3 N–H and O–H groups in total. The highest BCUT2D eigenvalue weighted by Crippen LogP contribution is 2.44. The molecule has 2 aromatic carbocycles. The van der Waals surface area contributed by atoms with Crippen LogP contribution in [0, 0.1) is 11.8 Å². The number of hydrogen-bond acceptors (Lipinski definition) is 5. The Balaban J connectivity index is 1.59. The number of unbranched alkanes of at least 4 members (excludes halogenated alkanes) is 1. The highest BCUT2D eigenvalue weighted by atomic mass is 16.5. The van der Waals surface area contributed by atoms with Gasteiger partial charge < -0.3 is 25.2 Å². The SMILES string of the molecule is COCCCC[C@@](O)(c1ccccc1Oc1ccccc1)[C@@H]1CCCN(C(=O)C2CCCC(N)C2)C1. The van der Waals surface area contributed by atoms with Crippen LogP contribution >= 0.6 is 0 Å². The molecule has 0 spiro atoms. The molecular formula is C30H42N2O4. The van der Waals surface area contributed by atoms with E-state index in [9.17, 15) is 9.90 Å². The number of piperidine rings is 1. The standard InChI is InChI=1S/C30H42N2O4/c1-35-20-8-7-18-30(34,27-16-5-6-17-28(27)36-26-14-3-2-4-15-26)24-12-10-19-32(22-24)29(33)23-11-9-13-25(31)21-23/h2-6,14-17,23-25,34H,7-13,18-22,31H2,1H3/t23?,24-,25?,30+/m1/s1. The first kappa shape index (κ1) is 26.6. The predicted octanol–water partition coefficient (Wildman–Crippen LogP) is 5.24. The Morgan fingerprint density at radius 2 is 1.83 bits per heavy atom. The topological polar surface area (TPSA) is 85.0 Å². The van der Waals surface area contributed by atoms with Crippen LogP contribution in [-0.4, -0.2) is 48.8 Å². The van der Waals surface area contributed by atoms with Crippen LogP contribution in [0.5, 0.6) is 11.5 Å². The minimum atomic E-state index is -1.11. The van der Waals surface area contributed by atoms with Crippen LogP contribution in [0.4, 0.5) is 0 Å². The fourth-order valence-electron chi connectivity index (χ4n) is 6.01. The smallest absolute Gasteiger partial charge is 0.225 e. The monoisotopic (exact) mass is 494 g/mol. The van der Waals surface area contributed by atoms with E-state index in [0.717, 1.165) is 69.2 Å². The molecular weight excluding hydrogens is 452 g/mol. The Hall–Kier alpha value is -2.41. The minimum absolute atomic E-state index is 0.0102. The summed E-state index contributed by atoms with van der Waals surface area (Å²) in [6, 6.07) is 17.6. The molecule has 1 amide bonds. The van der Waals surface area contributed by atoms with Crippen LogP contribution in [-0.2, 0) is 15.1 Å². The zero-order chi connectivity index (χ0) is 25.4. The van der Waals surface area contributed by atoms with Crippen molar-refractivity contribution in [2.75, 3.05) is 26.8 Å². The zero-order valence-electron chi connectivity index (χ0n) is 21.6. The second-order valence-electron chi connectivity index (χ2n) is 10.5. The number of hydrogen-bond donors (Lipinski definition) is 2. The molecule has 2 aliphatic rings. The van der Waals surface area contributed by atoms with E-state index < -0.39 is 5.60 Å². The largest absolute Gasteiger partial charge is 0.457 e. The summed E-state index contributed by atoms with van der Waals surface area (Å²) in [5, 5.41) is 12.4. The van der Waals surface area contributed by atoms with Crippen LogP contribution in [0.2, 0.25) is 0 Å². The van der Waals surface area contributed by atoms with Gasteiger partial charge >= 0.3 is 0 Å². The van der Waals surface area contributed by atoms with Gasteiger partial charge in [-0.1, -0.05) is 42.8 Å². The second-order valence-corrected chi connectivity index (χ2v) is 10.5. The first-order valence-electron chi connectivity index (χ1n) is 13.6. The molecule has 36 heavy (non-hydrogen) atoms. The number of ether oxygens (including phenoxy) is 2. The molecule has 6 heteroatoms. The average molecular weight is 495 g/mol. The molecule has 1 aliphatic heterocycles. The first-order valence-corrected chi connectivity index (χ1v) is 13.6. The maximum atomic E-state index is 13.5. The van der Waals surface area contributed by atoms with E-state index in [2.05, 4.69) is 0 Å². The lowest BCUT2D eigenvalue weighted by Gasteiger charge is -2.44. The summed E-state index contributed by atoms with van der Waals surface area (Å²) < 4.78 is 11.5. The second kappa shape index (κ2) is 12.7. The van der Waals surface area contributed by atoms with Crippen LogP contribution in [0.1, 0.15) is 63.4 Å². The van der Waals surface area contributed by atoms with Gasteiger partial charge in [0.15, 0.2) is 0 Å². The highest BCUT2D eigenvalue weighted by Gasteiger charge is 2.43. The fraction of sp³-hybridized carbons (Fsp3) is 0.567. The van der Waals surface area contributed by atoms with Gasteiger partial charge in [0.1, 0.15) is 11.5 Å². The number of likely N-dealkylation sites (tertiary alicyclic amines) is 1. The summed E-state index contributed by atoms with van der Waals surface area (Å²) in [4.78, 5) is 15.5. The van der Waals surface area contributed by atoms with E-state index >= 15 is 0 Å². The van der Waals surface area contributed by atoms with Crippen LogP contribution in [0.3, 0.4) is 0 Å². The van der Waals surface area contributed by atoms with Crippen molar-refractivity contribution >= 4 is 5.91 Å². The van der Waals surface area contributed by atoms with E-state index in [1.54, 1.807) is 7.11 Å². The number of para-hydroxylation sites is 2. The van der Waals surface area contributed by atoms with Gasteiger partial charge in [0.25, 0.3) is 0 Å². The van der Waals surface area contributed by atoms with Crippen molar-refractivity contribution in [1.82, 2.24) is 4.90 Å². The van der Waals surface area contributed by atoms with Crippen molar-refractivity contribution in [2.45, 2.75) is 69.4 Å². The van der Waals surface area contributed by atoms with E-state index in [4.69, 9.17) is 15.2 Å². The molecule has 4 atom stereocenters. The van der Waals surface area contributed by atoms with Gasteiger partial charge in [-0.25, -0.2) is 0 Å². The normalized spacial score (nSPS) is 24.2. The predicted molar refractivity (Wildman–Crippen MR) is 142 cm³/mol. The first-order chi connectivity index (χ1) is 17.5. The molecule has 2 unspecified atom stereocenters. The molecule has 1 aliphatic carbocycles. The fourth-order valence-corrected chi connectivity index (χ4v) is 6.01. The summed E-state index contributed by atoms with van der Waals surface area (Å²) in [7, 11) is 1.71.